The van der Waals surface area contributed by atoms with Gasteiger partial charge in [-0.05, 0) is 61.7 Å². The fraction of sp³-hybridized carbons (Fsp3) is 0.286. The first-order valence-corrected chi connectivity index (χ1v) is 14.4. The Morgan fingerprint density at radius 2 is 1.95 bits per heavy atom. The number of allylic oxidation sites excluding steroid dienone is 1. The van der Waals surface area contributed by atoms with E-state index in [2.05, 4.69) is 15.3 Å². The number of nitrogens with two attached hydrogens (primary N) is 2. The van der Waals surface area contributed by atoms with Crippen molar-refractivity contribution in [1.29, 1.82) is 0 Å². The number of carbonyl (C=O) groups is 1. The third-order valence-electron chi connectivity index (χ3n) is 7.10. The van der Waals surface area contributed by atoms with Crippen molar-refractivity contribution >= 4 is 63.9 Å². The van der Waals surface area contributed by atoms with Gasteiger partial charge in [0.1, 0.15) is 11.0 Å². The number of fused-ring (bicyclic) bond motifs is 1. The van der Waals surface area contributed by atoms with Crippen LogP contribution in [0.1, 0.15) is 46.0 Å². The standard InChI is InChI=1S/C28H29Cl2N7O2S/c1-15(22-7-8-23(40-22)28(39)33-2)26(30)35-27(32)21-6-4-18-11-16(12-25(38)37(18)21)19-13-17(29)3-5-20(19)36-14-34-10-9-24(36)31/h3,5,7-8,11-14,21,24H,4,6,9-10,31H2,1-2H3,(H2,32,35)(H,33,39)/b26-15+/t21-,24?/m0/s1. The van der Waals surface area contributed by atoms with Crippen LogP contribution in [-0.4, -0.2) is 42.4 Å². The number of pyridine rings is 1. The Bertz CT molecular complexity index is 1620. The number of nitrogens with one attached hydrogen (secondary N) is 1. The summed E-state index contributed by atoms with van der Waals surface area (Å²) in [6, 6.07) is 12.3. The fourth-order valence-electron chi connectivity index (χ4n) is 4.97. The van der Waals surface area contributed by atoms with Crippen molar-refractivity contribution in [3.63, 3.8) is 0 Å². The second kappa shape index (κ2) is 11.6. The second-order valence-corrected chi connectivity index (χ2v) is 11.5. The molecule has 2 atom stereocenters. The van der Waals surface area contributed by atoms with E-state index in [0.717, 1.165) is 33.8 Å². The molecule has 0 saturated carbocycles. The number of hydrogen-bond donors (Lipinski definition) is 3. The minimum atomic E-state index is -0.427. The fourth-order valence-corrected chi connectivity index (χ4v) is 6.35. The van der Waals surface area contributed by atoms with Crippen LogP contribution >= 0.6 is 34.5 Å². The molecule has 0 radical (unpaired) electrons. The molecule has 0 aliphatic carbocycles. The van der Waals surface area contributed by atoms with Crippen LogP contribution in [0.5, 0.6) is 0 Å². The van der Waals surface area contributed by atoms with Gasteiger partial charge in [0.2, 0.25) is 0 Å². The molecule has 12 heteroatoms. The molecule has 2 aromatic heterocycles. The molecule has 0 fully saturated rings. The molecule has 3 aromatic rings. The number of carbonyl (C=O) groups excluding carboxylic acids is 1. The van der Waals surface area contributed by atoms with Gasteiger partial charge in [-0.15, -0.1) is 11.3 Å². The first-order chi connectivity index (χ1) is 19.2. The molecule has 1 amide bonds. The summed E-state index contributed by atoms with van der Waals surface area (Å²) >= 11 is 14.2. The highest BCUT2D eigenvalue weighted by molar-refractivity contribution is 7.15. The molecule has 5 N–H and O–H groups in total. The minimum absolute atomic E-state index is 0.165. The Labute approximate surface area is 245 Å². The lowest BCUT2D eigenvalue weighted by Crippen LogP contribution is -2.44. The zero-order valence-corrected chi connectivity index (χ0v) is 24.4. The minimum Gasteiger partial charge on any atom is -0.385 e. The lowest BCUT2D eigenvalue weighted by Gasteiger charge is -2.31. The summed E-state index contributed by atoms with van der Waals surface area (Å²) in [4.78, 5) is 37.5. The highest BCUT2D eigenvalue weighted by atomic mass is 35.5. The van der Waals surface area contributed by atoms with Gasteiger partial charge in [0, 0.05) is 52.8 Å². The number of aromatic nitrogens is 1. The van der Waals surface area contributed by atoms with E-state index in [1.165, 1.54) is 11.3 Å². The average molecular weight is 599 g/mol. The highest BCUT2D eigenvalue weighted by Gasteiger charge is 2.28. The number of rotatable bonds is 6. The molecule has 1 aromatic carbocycles. The zero-order valence-electron chi connectivity index (χ0n) is 22.0. The Morgan fingerprint density at radius 3 is 2.70 bits per heavy atom. The number of amides is 1. The molecular formula is C28H29Cl2N7O2S. The van der Waals surface area contributed by atoms with Crippen LogP contribution < -0.4 is 27.2 Å². The number of hydrogen-bond acceptors (Lipinski definition) is 7. The molecule has 0 bridgehead atoms. The molecule has 1 unspecified atom stereocenters. The lowest BCUT2D eigenvalue weighted by atomic mass is 10.0. The van der Waals surface area contributed by atoms with Gasteiger partial charge in [0.25, 0.3) is 11.5 Å². The summed E-state index contributed by atoms with van der Waals surface area (Å²) in [7, 11) is 1.58. The summed E-state index contributed by atoms with van der Waals surface area (Å²) < 4.78 is 1.68. The molecule has 9 nitrogen and oxygen atoms in total. The third kappa shape index (κ3) is 5.44. The molecule has 4 heterocycles. The van der Waals surface area contributed by atoms with E-state index in [1.807, 2.05) is 36.1 Å². The topological polar surface area (TPSA) is 131 Å². The van der Waals surface area contributed by atoms with E-state index in [-0.39, 0.29) is 28.6 Å². The molecule has 0 saturated heterocycles. The van der Waals surface area contributed by atoms with Gasteiger partial charge in [-0.3, -0.25) is 14.6 Å². The Morgan fingerprint density at radius 1 is 1.18 bits per heavy atom. The van der Waals surface area contributed by atoms with Crippen molar-refractivity contribution in [3.8, 4) is 11.1 Å². The van der Waals surface area contributed by atoms with Crippen LogP contribution in [0.15, 0.2) is 62.4 Å². The van der Waals surface area contributed by atoms with Gasteiger partial charge in [-0.25, -0.2) is 4.99 Å². The Hall–Kier alpha value is -3.44. The van der Waals surface area contributed by atoms with Gasteiger partial charge in [0.05, 0.1) is 29.1 Å². The highest BCUT2D eigenvalue weighted by Crippen LogP contribution is 2.36. The van der Waals surface area contributed by atoms with Crippen LogP contribution in [0.4, 0.5) is 5.69 Å². The summed E-state index contributed by atoms with van der Waals surface area (Å²) in [5.41, 5.74) is 16.5. The van der Waals surface area contributed by atoms with E-state index >= 15 is 0 Å². The zero-order chi connectivity index (χ0) is 28.6. The number of benzene rings is 1. The average Bonchev–Trinajstić information content (AvgIpc) is 3.61. The van der Waals surface area contributed by atoms with Crippen molar-refractivity contribution in [2.24, 2.45) is 21.5 Å². The van der Waals surface area contributed by atoms with Crippen LogP contribution in [-0.2, 0) is 6.42 Å². The predicted molar refractivity (Wildman–Crippen MR) is 165 cm³/mol. The number of thiophene rings is 1. The Kier molecular flexibility index (Phi) is 8.14. The number of anilines is 1. The van der Waals surface area contributed by atoms with Gasteiger partial charge >= 0.3 is 0 Å². The molecule has 40 heavy (non-hydrogen) atoms. The molecule has 0 spiro atoms. The molecular weight excluding hydrogens is 569 g/mol. The van der Waals surface area contributed by atoms with E-state index in [9.17, 15) is 9.59 Å². The summed E-state index contributed by atoms with van der Waals surface area (Å²) in [6.45, 7) is 2.50. The SMILES string of the molecule is CNC(=O)c1ccc(/C(C)=C(\Cl)N=C(N)[C@@H]2CCc3cc(-c4cc(Cl)ccc4N4C=NCCC4N)cc(=O)n32)s1. The van der Waals surface area contributed by atoms with Gasteiger partial charge < -0.3 is 26.3 Å². The summed E-state index contributed by atoms with van der Waals surface area (Å²) in [5.74, 6) is 0.0845. The maximum Gasteiger partial charge on any atom is 0.261 e. The maximum absolute atomic E-state index is 13.5. The van der Waals surface area contributed by atoms with Crippen LogP contribution in [0, 0.1) is 0 Å². The van der Waals surface area contributed by atoms with Crippen molar-refractivity contribution in [3.05, 3.63) is 78.4 Å². The first kappa shape index (κ1) is 28.1. The number of aryl methyl sites for hydroxylation is 1. The maximum atomic E-state index is 13.5. The Balaban J connectivity index is 1.47. The first-order valence-electron chi connectivity index (χ1n) is 12.8. The normalized spacial score (nSPS) is 19.4. The van der Waals surface area contributed by atoms with Crippen molar-refractivity contribution in [2.45, 2.75) is 38.4 Å². The van der Waals surface area contributed by atoms with E-state index in [4.69, 9.17) is 34.7 Å². The molecule has 2 aliphatic rings. The number of amidine groups is 1. The van der Waals surface area contributed by atoms with E-state index in [0.29, 0.717) is 34.9 Å². The van der Waals surface area contributed by atoms with Gasteiger partial charge in [0.15, 0.2) is 0 Å². The second-order valence-electron chi connectivity index (χ2n) is 9.64. The summed E-state index contributed by atoms with van der Waals surface area (Å²) in [5, 5.41) is 3.38. The van der Waals surface area contributed by atoms with Crippen LogP contribution in [0.3, 0.4) is 0 Å². The van der Waals surface area contributed by atoms with Crippen molar-refractivity contribution in [2.75, 3.05) is 18.5 Å². The lowest BCUT2D eigenvalue weighted by molar-refractivity contribution is 0.0967. The van der Waals surface area contributed by atoms with Gasteiger partial charge in [-0.2, -0.15) is 0 Å². The molecule has 5 rings (SSSR count). The van der Waals surface area contributed by atoms with E-state index < -0.39 is 6.04 Å². The van der Waals surface area contributed by atoms with Crippen molar-refractivity contribution < 1.29 is 4.79 Å². The van der Waals surface area contributed by atoms with Crippen LogP contribution in [0.25, 0.3) is 16.7 Å². The smallest absolute Gasteiger partial charge is 0.261 e. The number of nitrogens with zero attached hydrogens (tertiary/aromatic N) is 4. The largest absolute Gasteiger partial charge is 0.385 e. The quantitative estimate of drug-likeness (QED) is 0.217. The number of halogens is 2. The third-order valence-corrected chi connectivity index (χ3v) is 8.91. The predicted octanol–water partition coefficient (Wildman–Crippen LogP) is 4.59. The van der Waals surface area contributed by atoms with Crippen molar-refractivity contribution in [1.82, 2.24) is 9.88 Å². The monoisotopic (exact) mass is 597 g/mol. The molecule has 208 valence electrons. The molecule has 2 aliphatic heterocycles. The number of aliphatic imine (C=N–C) groups is 2. The van der Waals surface area contributed by atoms with Crippen LogP contribution in [0.2, 0.25) is 5.02 Å². The summed E-state index contributed by atoms with van der Waals surface area (Å²) in [6.07, 6.45) is 3.50. The van der Waals surface area contributed by atoms with E-state index in [1.54, 1.807) is 36.2 Å². The van der Waals surface area contributed by atoms with Gasteiger partial charge in [-0.1, -0.05) is 23.2 Å².